The molecule has 0 aliphatic heterocycles. The molecule has 2 aromatic carbocycles. The van der Waals surface area contributed by atoms with Crippen molar-refractivity contribution in [3.8, 4) is 16.9 Å². The van der Waals surface area contributed by atoms with Crippen LogP contribution >= 0.6 is 23.2 Å². The molecule has 188 valence electrons. The van der Waals surface area contributed by atoms with E-state index >= 15 is 0 Å². The molecule has 0 radical (unpaired) electrons. The minimum atomic E-state index is -0.313. The third kappa shape index (κ3) is 16.4. The average Bonchev–Trinajstić information content (AvgIpc) is 2.88. The Morgan fingerprint density at radius 1 is 0.970 bits per heavy atom. The van der Waals surface area contributed by atoms with Crippen LogP contribution in [-0.4, -0.2) is 25.1 Å². The van der Waals surface area contributed by atoms with E-state index in [0.717, 1.165) is 35.3 Å². The van der Waals surface area contributed by atoms with Gasteiger partial charge in [-0.3, -0.25) is 9.79 Å². The van der Waals surface area contributed by atoms with Gasteiger partial charge in [0.15, 0.2) is 0 Å². The molecule has 0 saturated heterocycles. The van der Waals surface area contributed by atoms with Gasteiger partial charge in [-0.1, -0.05) is 91.3 Å². The van der Waals surface area contributed by atoms with Crippen LogP contribution in [0.5, 0.6) is 5.75 Å². The molecule has 0 amide bonds. The molecule has 0 saturated carbocycles. The minimum Gasteiger partial charge on any atom is -0.497 e. The molecule has 0 spiro atoms. The van der Waals surface area contributed by atoms with Crippen molar-refractivity contribution in [2.24, 2.45) is 4.99 Å². The fourth-order valence-corrected chi connectivity index (χ4v) is 2.87. The predicted molar refractivity (Wildman–Crippen MR) is 151 cm³/mol. The van der Waals surface area contributed by atoms with E-state index in [1.165, 1.54) is 0 Å². The summed E-state index contributed by atoms with van der Waals surface area (Å²) in [6.45, 7) is 19.7. The van der Waals surface area contributed by atoms with Crippen molar-refractivity contribution >= 4 is 35.2 Å². The number of carbonyl (C=O) groups excluding carboxylic acids is 1. The van der Waals surface area contributed by atoms with Crippen molar-refractivity contribution in [3.63, 3.8) is 0 Å². The van der Waals surface area contributed by atoms with Gasteiger partial charge < -0.3 is 4.74 Å². The van der Waals surface area contributed by atoms with Crippen molar-refractivity contribution in [1.82, 2.24) is 0 Å². The maximum atomic E-state index is 10.7. The molecule has 33 heavy (non-hydrogen) atoms. The van der Waals surface area contributed by atoms with Crippen molar-refractivity contribution in [3.05, 3.63) is 53.1 Å². The van der Waals surface area contributed by atoms with Crippen LogP contribution in [0, 0.1) is 0 Å². The van der Waals surface area contributed by atoms with Gasteiger partial charge in [0.1, 0.15) is 5.75 Å². The van der Waals surface area contributed by atoms with Gasteiger partial charge >= 0.3 is 0 Å². The third-order valence-corrected chi connectivity index (χ3v) is 4.75. The molecule has 0 aliphatic carbocycles. The number of ether oxygens (including phenoxy) is 1. The molecule has 3 nitrogen and oxygen atoms in total. The van der Waals surface area contributed by atoms with Crippen LogP contribution in [0.15, 0.2) is 47.5 Å². The lowest BCUT2D eigenvalue weighted by Crippen LogP contribution is -1.97. The molecule has 0 aliphatic rings. The maximum Gasteiger partial charge on any atom is 0.221 e. The van der Waals surface area contributed by atoms with Crippen molar-refractivity contribution in [2.75, 3.05) is 7.11 Å². The summed E-state index contributed by atoms with van der Waals surface area (Å²) in [6.07, 6.45) is 3.25. The summed E-state index contributed by atoms with van der Waals surface area (Å²) in [5, 5.41) is 0.334. The summed E-state index contributed by atoms with van der Waals surface area (Å²) in [5.41, 5.74) is 3.05. The Kier molecular flexibility index (Phi) is 26.9. The molecule has 5 heteroatoms. The minimum absolute atomic E-state index is 0.313. The Balaban J connectivity index is -0.000000583. The van der Waals surface area contributed by atoms with Crippen LogP contribution in [0.4, 0.5) is 0 Å². The SMILES string of the molecule is C=NC(CC)CC.CC.CC.CC.COc1ccc(-c2ccc(CCC(=O)Cl)cc2)c(Cl)c1. The molecular formula is C28H45Cl2NO2. The lowest BCUT2D eigenvalue weighted by molar-refractivity contribution is -0.111. The number of hydrogen-bond acceptors (Lipinski definition) is 3. The molecule has 0 atom stereocenters. The smallest absolute Gasteiger partial charge is 0.221 e. The zero-order valence-corrected chi connectivity index (χ0v) is 23.7. The van der Waals surface area contributed by atoms with Crippen LogP contribution in [0.3, 0.4) is 0 Å². The zero-order valence-electron chi connectivity index (χ0n) is 22.2. The highest BCUT2D eigenvalue weighted by atomic mass is 35.5. The molecule has 0 fully saturated rings. The molecule has 2 aromatic rings. The molecule has 0 heterocycles. The first kappa shape index (κ1) is 35.7. The third-order valence-electron chi connectivity index (χ3n) is 4.25. The highest BCUT2D eigenvalue weighted by Crippen LogP contribution is 2.31. The quantitative estimate of drug-likeness (QED) is 0.268. The monoisotopic (exact) mass is 497 g/mol. The van der Waals surface area contributed by atoms with Crippen LogP contribution in [0.2, 0.25) is 5.02 Å². The second kappa shape index (κ2) is 24.8. The summed E-state index contributed by atoms with van der Waals surface area (Å²) >= 11 is 11.6. The van der Waals surface area contributed by atoms with E-state index in [9.17, 15) is 4.79 Å². The number of hydrogen-bond donors (Lipinski definition) is 0. The van der Waals surface area contributed by atoms with Crippen molar-refractivity contribution < 1.29 is 9.53 Å². The largest absolute Gasteiger partial charge is 0.497 e. The summed E-state index contributed by atoms with van der Waals surface area (Å²) in [4.78, 5) is 14.6. The molecule has 0 N–H and O–H groups in total. The van der Waals surface area contributed by atoms with E-state index < -0.39 is 0 Å². The molecule has 2 rings (SSSR count). The van der Waals surface area contributed by atoms with Gasteiger partial charge in [-0.15, -0.1) is 0 Å². The van der Waals surface area contributed by atoms with E-state index in [4.69, 9.17) is 27.9 Å². The summed E-state index contributed by atoms with van der Waals surface area (Å²) < 4.78 is 5.13. The van der Waals surface area contributed by atoms with Crippen molar-refractivity contribution in [1.29, 1.82) is 0 Å². The lowest BCUT2D eigenvalue weighted by atomic mass is 10.0. The first-order valence-electron chi connectivity index (χ1n) is 12.0. The Labute approximate surface area is 213 Å². The maximum absolute atomic E-state index is 10.7. The van der Waals surface area contributed by atoms with Gasteiger partial charge in [-0.05, 0) is 66.9 Å². The average molecular weight is 499 g/mol. The van der Waals surface area contributed by atoms with Crippen LogP contribution in [-0.2, 0) is 11.2 Å². The van der Waals surface area contributed by atoms with E-state index in [1.54, 1.807) is 13.2 Å². The summed E-state index contributed by atoms with van der Waals surface area (Å²) in [7, 11) is 1.61. The number of rotatable bonds is 8. The molecule has 0 aromatic heterocycles. The van der Waals surface area contributed by atoms with E-state index in [0.29, 0.717) is 23.9 Å². The Bertz CT molecular complexity index is 727. The topological polar surface area (TPSA) is 38.7 Å². The number of carbonyl (C=O) groups is 1. The number of halogens is 2. The number of benzene rings is 2. The predicted octanol–water partition coefficient (Wildman–Crippen LogP) is 9.67. The highest BCUT2D eigenvalue weighted by Gasteiger charge is 2.06. The Hall–Kier alpha value is -1.84. The Morgan fingerprint density at radius 2 is 1.48 bits per heavy atom. The highest BCUT2D eigenvalue weighted by molar-refractivity contribution is 6.63. The van der Waals surface area contributed by atoms with E-state index in [-0.39, 0.29) is 5.24 Å². The van der Waals surface area contributed by atoms with Gasteiger partial charge in [0, 0.05) is 18.0 Å². The molecular weight excluding hydrogens is 453 g/mol. The molecule has 0 bridgehead atoms. The fourth-order valence-electron chi connectivity index (χ4n) is 2.50. The number of nitrogens with zero attached hydrogens (tertiary/aromatic N) is 1. The lowest BCUT2D eigenvalue weighted by Gasteiger charge is -2.08. The van der Waals surface area contributed by atoms with Gasteiger partial charge in [0.05, 0.1) is 12.1 Å². The first-order valence-corrected chi connectivity index (χ1v) is 12.8. The van der Waals surface area contributed by atoms with Gasteiger partial charge in [-0.25, -0.2) is 0 Å². The number of aryl methyl sites for hydroxylation is 1. The van der Waals surface area contributed by atoms with Crippen LogP contribution in [0.1, 0.15) is 80.2 Å². The summed E-state index contributed by atoms with van der Waals surface area (Å²) in [5.74, 6) is 0.732. The van der Waals surface area contributed by atoms with E-state index in [1.807, 2.05) is 77.9 Å². The summed E-state index contributed by atoms with van der Waals surface area (Å²) in [6, 6.07) is 14.0. The second-order valence-corrected chi connectivity index (χ2v) is 6.88. The van der Waals surface area contributed by atoms with Crippen molar-refractivity contribution in [2.45, 2.75) is 87.1 Å². The van der Waals surface area contributed by atoms with Gasteiger partial charge in [0.2, 0.25) is 5.24 Å². The molecule has 0 unspecified atom stereocenters. The number of methoxy groups -OCH3 is 1. The van der Waals surface area contributed by atoms with Crippen LogP contribution in [0.25, 0.3) is 11.1 Å². The van der Waals surface area contributed by atoms with Gasteiger partial charge in [0.25, 0.3) is 0 Å². The standard InChI is InChI=1S/C16H14Cl2O2.C6H13N.3C2H6/c1-20-13-7-8-14(15(17)10-13)12-5-2-11(3-6-12)4-9-16(18)19;1-4-6(5-2)7-3;3*1-2/h2-3,5-8,10H,4,9H2,1H3;6H,3-5H2,1-2H3;3*1-2H3. The van der Waals surface area contributed by atoms with Gasteiger partial charge in [-0.2, -0.15) is 0 Å². The zero-order chi connectivity index (χ0) is 26.2. The number of aliphatic imine (C=N–C) groups is 1. The van der Waals surface area contributed by atoms with E-state index in [2.05, 4.69) is 25.6 Å². The fraction of sp³-hybridized carbons (Fsp3) is 0.500. The van der Waals surface area contributed by atoms with Crippen LogP contribution < -0.4 is 4.74 Å². The normalized spacial score (nSPS) is 8.85. The Morgan fingerprint density at radius 3 is 1.82 bits per heavy atom. The first-order chi connectivity index (χ1) is 15.9. The second-order valence-electron chi connectivity index (χ2n) is 6.05.